The third-order valence-electron chi connectivity index (χ3n) is 2.45. The van der Waals surface area contributed by atoms with E-state index < -0.39 is 0 Å². The standard InChI is InChI=1S/C12H14O2S/c1-9-12(13)15-11(14-9)8-7-10-5-3-2-4-6-10/h2-6,9,11H,7-8H2,1H3/t9-,11-/m1/s1. The van der Waals surface area contributed by atoms with Crippen molar-refractivity contribution in [1.29, 1.82) is 0 Å². The van der Waals surface area contributed by atoms with Crippen LogP contribution in [0.25, 0.3) is 0 Å². The second-order valence-electron chi connectivity index (χ2n) is 3.67. The fourth-order valence-corrected chi connectivity index (χ4v) is 2.56. The van der Waals surface area contributed by atoms with Gasteiger partial charge in [-0.1, -0.05) is 42.1 Å². The smallest absolute Gasteiger partial charge is 0.219 e. The molecule has 0 aromatic heterocycles. The molecule has 0 spiro atoms. The molecule has 0 N–H and O–H groups in total. The van der Waals surface area contributed by atoms with E-state index in [1.54, 1.807) is 0 Å². The molecule has 0 saturated carbocycles. The molecule has 1 saturated heterocycles. The fourth-order valence-electron chi connectivity index (χ4n) is 1.59. The van der Waals surface area contributed by atoms with Gasteiger partial charge in [-0.2, -0.15) is 0 Å². The van der Waals surface area contributed by atoms with Crippen molar-refractivity contribution >= 4 is 16.9 Å². The van der Waals surface area contributed by atoms with Gasteiger partial charge in [0.05, 0.1) is 0 Å². The van der Waals surface area contributed by atoms with Crippen LogP contribution in [0.2, 0.25) is 0 Å². The third-order valence-corrected chi connectivity index (χ3v) is 3.62. The molecule has 3 heteroatoms. The lowest BCUT2D eigenvalue weighted by Crippen LogP contribution is -2.10. The van der Waals surface area contributed by atoms with Gasteiger partial charge in [-0.05, 0) is 25.3 Å². The first-order chi connectivity index (χ1) is 7.25. The molecule has 1 heterocycles. The minimum absolute atomic E-state index is 0.0488. The van der Waals surface area contributed by atoms with Crippen LogP contribution < -0.4 is 0 Å². The number of hydrogen-bond acceptors (Lipinski definition) is 3. The Morgan fingerprint density at radius 1 is 1.33 bits per heavy atom. The molecule has 2 atom stereocenters. The average Bonchev–Trinajstić information content (AvgIpc) is 2.57. The van der Waals surface area contributed by atoms with Crippen molar-refractivity contribution in [3.8, 4) is 0 Å². The van der Waals surface area contributed by atoms with Gasteiger partial charge in [0, 0.05) is 0 Å². The highest BCUT2D eigenvalue weighted by molar-refractivity contribution is 8.14. The summed E-state index contributed by atoms with van der Waals surface area (Å²) in [6.07, 6.45) is 1.65. The second kappa shape index (κ2) is 4.81. The van der Waals surface area contributed by atoms with Crippen LogP contribution in [0.1, 0.15) is 18.9 Å². The quantitative estimate of drug-likeness (QED) is 0.786. The maximum atomic E-state index is 11.2. The van der Waals surface area contributed by atoms with E-state index in [4.69, 9.17) is 4.74 Å². The van der Waals surface area contributed by atoms with E-state index in [2.05, 4.69) is 12.1 Å². The molecule has 1 aliphatic rings. The molecule has 0 bridgehead atoms. The van der Waals surface area contributed by atoms with Crippen molar-refractivity contribution in [3.63, 3.8) is 0 Å². The molecule has 0 radical (unpaired) electrons. The van der Waals surface area contributed by atoms with E-state index >= 15 is 0 Å². The highest BCUT2D eigenvalue weighted by Crippen LogP contribution is 2.29. The SMILES string of the molecule is C[C@H]1O[C@@H](CCc2ccccc2)SC1=O. The molecule has 0 aliphatic carbocycles. The molecule has 15 heavy (non-hydrogen) atoms. The van der Waals surface area contributed by atoms with Crippen molar-refractivity contribution in [1.82, 2.24) is 0 Å². The topological polar surface area (TPSA) is 26.3 Å². The molecule has 1 aromatic rings. The van der Waals surface area contributed by atoms with Gasteiger partial charge in [-0.3, -0.25) is 4.79 Å². The molecule has 2 rings (SSSR count). The summed E-state index contributed by atoms with van der Waals surface area (Å²) in [5, 5.41) is 0.160. The summed E-state index contributed by atoms with van der Waals surface area (Å²) < 4.78 is 5.51. The van der Waals surface area contributed by atoms with Crippen LogP contribution in [0, 0.1) is 0 Å². The number of carbonyl (C=O) groups is 1. The predicted molar refractivity (Wildman–Crippen MR) is 61.7 cm³/mol. The summed E-state index contributed by atoms with van der Waals surface area (Å²) in [6.45, 7) is 1.82. The Hall–Kier alpha value is -0.800. The Kier molecular flexibility index (Phi) is 3.44. The molecule has 2 nitrogen and oxygen atoms in total. The van der Waals surface area contributed by atoms with E-state index in [1.165, 1.54) is 17.3 Å². The van der Waals surface area contributed by atoms with Gasteiger partial charge in [-0.15, -0.1) is 0 Å². The van der Waals surface area contributed by atoms with Crippen LogP contribution in [0.15, 0.2) is 30.3 Å². The first-order valence-electron chi connectivity index (χ1n) is 5.15. The molecule has 80 valence electrons. The number of ether oxygens (including phenoxy) is 1. The zero-order chi connectivity index (χ0) is 10.7. The number of carbonyl (C=O) groups excluding carboxylic acids is 1. The maximum absolute atomic E-state index is 11.2. The number of aryl methyl sites for hydroxylation is 1. The van der Waals surface area contributed by atoms with E-state index in [1.807, 2.05) is 25.1 Å². The van der Waals surface area contributed by atoms with Gasteiger partial charge in [0.1, 0.15) is 11.5 Å². The zero-order valence-corrected chi connectivity index (χ0v) is 9.50. The van der Waals surface area contributed by atoms with E-state index in [0.717, 1.165) is 12.8 Å². The van der Waals surface area contributed by atoms with Gasteiger partial charge < -0.3 is 4.74 Å². The summed E-state index contributed by atoms with van der Waals surface area (Å²) >= 11 is 1.33. The lowest BCUT2D eigenvalue weighted by molar-refractivity contribution is -0.118. The van der Waals surface area contributed by atoms with Crippen LogP contribution in [0.4, 0.5) is 0 Å². The molecule has 0 unspecified atom stereocenters. The normalized spacial score (nSPS) is 25.8. The van der Waals surface area contributed by atoms with Gasteiger partial charge >= 0.3 is 0 Å². The van der Waals surface area contributed by atoms with E-state index in [-0.39, 0.29) is 16.7 Å². The van der Waals surface area contributed by atoms with Crippen molar-refractivity contribution in [2.45, 2.75) is 31.3 Å². The lowest BCUT2D eigenvalue weighted by atomic mass is 10.1. The van der Waals surface area contributed by atoms with Crippen LogP contribution in [0.5, 0.6) is 0 Å². The second-order valence-corrected chi connectivity index (χ2v) is 4.83. The Labute approximate surface area is 94.0 Å². The highest BCUT2D eigenvalue weighted by atomic mass is 32.2. The molecule has 1 aromatic carbocycles. The molecular weight excluding hydrogens is 208 g/mol. The van der Waals surface area contributed by atoms with Gasteiger partial charge in [-0.25, -0.2) is 0 Å². The van der Waals surface area contributed by atoms with Crippen molar-refractivity contribution in [2.24, 2.45) is 0 Å². The van der Waals surface area contributed by atoms with E-state index in [9.17, 15) is 4.79 Å². The fraction of sp³-hybridized carbons (Fsp3) is 0.417. The summed E-state index contributed by atoms with van der Waals surface area (Å²) in [7, 11) is 0. The molecule has 1 aliphatic heterocycles. The number of thioether (sulfide) groups is 1. The van der Waals surface area contributed by atoms with Gasteiger partial charge in [0.25, 0.3) is 0 Å². The number of hydrogen-bond donors (Lipinski definition) is 0. The Morgan fingerprint density at radius 2 is 2.07 bits per heavy atom. The predicted octanol–water partition coefficient (Wildman–Crippen LogP) is 2.62. The maximum Gasteiger partial charge on any atom is 0.219 e. The minimum Gasteiger partial charge on any atom is -0.355 e. The third kappa shape index (κ3) is 2.83. The minimum atomic E-state index is -0.226. The van der Waals surface area contributed by atoms with Crippen molar-refractivity contribution < 1.29 is 9.53 Å². The summed E-state index contributed by atoms with van der Waals surface area (Å²) in [4.78, 5) is 11.2. The van der Waals surface area contributed by atoms with Gasteiger partial charge in [0.2, 0.25) is 5.12 Å². The monoisotopic (exact) mass is 222 g/mol. The Balaban J connectivity index is 1.82. The van der Waals surface area contributed by atoms with Crippen LogP contribution in [-0.2, 0) is 16.0 Å². The summed E-state index contributed by atoms with van der Waals surface area (Å²) in [5.74, 6) is 0. The van der Waals surface area contributed by atoms with Gasteiger partial charge in [0.15, 0.2) is 0 Å². The van der Waals surface area contributed by atoms with Crippen LogP contribution in [-0.4, -0.2) is 16.7 Å². The Bertz CT molecular complexity index is 337. The summed E-state index contributed by atoms with van der Waals surface area (Å²) in [6, 6.07) is 10.3. The van der Waals surface area contributed by atoms with Crippen LogP contribution in [0.3, 0.4) is 0 Å². The van der Waals surface area contributed by atoms with Crippen molar-refractivity contribution in [3.05, 3.63) is 35.9 Å². The largest absolute Gasteiger partial charge is 0.355 e. The molecule has 1 fully saturated rings. The zero-order valence-electron chi connectivity index (χ0n) is 8.68. The summed E-state index contributed by atoms with van der Waals surface area (Å²) in [5.41, 5.74) is 1.35. The molecule has 0 amide bonds. The first-order valence-corrected chi connectivity index (χ1v) is 6.03. The molecular formula is C12H14O2S. The number of benzene rings is 1. The lowest BCUT2D eigenvalue weighted by Gasteiger charge is -2.08. The highest BCUT2D eigenvalue weighted by Gasteiger charge is 2.30. The van der Waals surface area contributed by atoms with E-state index in [0.29, 0.717) is 0 Å². The Morgan fingerprint density at radius 3 is 2.67 bits per heavy atom. The van der Waals surface area contributed by atoms with Crippen LogP contribution >= 0.6 is 11.8 Å². The first kappa shape index (κ1) is 10.7. The average molecular weight is 222 g/mol. The number of rotatable bonds is 3. The van der Waals surface area contributed by atoms with Crippen molar-refractivity contribution in [2.75, 3.05) is 0 Å².